The lowest BCUT2D eigenvalue weighted by molar-refractivity contribution is -0.170. The summed E-state index contributed by atoms with van der Waals surface area (Å²) in [4.78, 5) is 34.4. The molecule has 1 aromatic carbocycles. The molecule has 0 spiro atoms. The summed E-state index contributed by atoms with van der Waals surface area (Å²) in [6.45, 7) is 9.85. The topological polar surface area (TPSA) is 73.3 Å². The van der Waals surface area contributed by atoms with Crippen LogP contribution in [0.25, 0.3) is 0 Å². The van der Waals surface area contributed by atoms with Crippen LogP contribution in [-0.4, -0.2) is 78.7 Å². The fraction of sp³-hybridized carbons (Fsp3) is 0.692. The standard InChI is InChI=1S/C26H41N3O4/c1-18-14-21(15-19(2)25(18)31)16-20(3)26(32)29-12-8-23(9-13-29)22-6-10-28(11-7-22)17-24(30)27(4)33-5/h14-15,20,22-23,31H,6-13,16-17H2,1-5H3/t20-/m1/s1. The lowest BCUT2D eigenvalue weighted by Gasteiger charge is -2.40. The zero-order chi connectivity index (χ0) is 24.1. The Morgan fingerprint density at radius 2 is 1.58 bits per heavy atom. The van der Waals surface area contributed by atoms with E-state index in [0.717, 1.165) is 68.6 Å². The largest absolute Gasteiger partial charge is 0.507 e. The zero-order valence-electron chi connectivity index (χ0n) is 21.0. The summed E-state index contributed by atoms with van der Waals surface area (Å²) in [5.41, 5.74) is 2.85. The average molecular weight is 460 g/mol. The highest BCUT2D eigenvalue weighted by Gasteiger charge is 2.32. The molecule has 7 nitrogen and oxygen atoms in total. The van der Waals surface area contributed by atoms with Crippen molar-refractivity contribution in [2.75, 3.05) is 46.9 Å². The highest BCUT2D eigenvalue weighted by Crippen LogP contribution is 2.33. The van der Waals surface area contributed by atoms with Crippen molar-refractivity contribution in [1.29, 1.82) is 0 Å². The Kier molecular flexibility index (Phi) is 8.76. The number of carbonyl (C=O) groups is 2. The van der Waals surface area contributed by atoms with Crippen LogP contribution in [0, 0.1) is 31.6 Å². The summed E-state index contributed by atoms with van der Waals surface area (Å²) in [5, 5.41) is 11.3. The van der Waals surface area contributed by atoms with Crippen LogP contribution >= 0.6 is 0 Å². The van der Waals surface area contributed by atoms with Gasteiger partial charge < -0.3 is 10.0 Å². The van der Waals surface area contributed by atoms with Gasteiger partial charge in [-0.3, -0.25) is 19.3 Å². The van der Waals surface area contributed by atoms with E-state index in [0.29, 0.717) is 30.6 Å². The second-order valence-corrected chi connectivity index (χ2v) is 10.0. The normalized spacial score (nSPS) is 19.5. The number of benzene rings is 1. The number of phenols is 1. The van der Waals surface area contributed by atoms with Crippen molar-refractivity contribution in [1.82, 2.24) is 14.9 Å². The molecule has 1 atom stereocenters. The number of aryl methyl sites for hydroxylation is 2. The minimum Gasteiger partial charge on any atom is -0.507 e. The van der Waals surface area contributed by atoms with Gasteiger partial charge in [0.1, 0.15) is 5.75 Å². The van der Waals surface area contributed by atoms with Crippen molar-refractivity contribution in [2.45, 2.75) is 52.9 Å². The van der Waals surface area contributed by atoms with E-state index in [2.05, 4.69) is 9.80 Å². The van der Waals surface area contributed by atoms with Gasteiger partial charge in [-0.1, -0.05) is 19.1 Å². The van der Waals surface area contributed by atoms with E-state index >= 15 is 0 Å². The average Bonchev–Trinajstić information content (AvgIpc) is 2.82. The Morgan fingerprint density at radius 1 is 1.06 bits per heavy atom. The summed E-state index contributed by atoms with van der Waals surface area (Å²) in [7, 11) is 3.16. The Labute approximate surface area is 198 Å². The Morgan fingerprint density at radius 3 is 2.09 bits per heavy atom. The summed E-state index contributed by atoms with van der Waals surface area (Å²) in [6, 6.07) is 3.98. The van der Waals surface area contributed by atoms with Crippen LogP contribution in [0.1, 0.15) is 49.3 Å². The molecule has 0 aliphatic carbocycles. The molecule has 1 aromatic rings. The number of hydroxylamine groups is 2. The molecule has 2 saturated heterocycles. The molecule has 33 heavy (non-hydrogen) atoms. The van der Waals surface area contributed by atoms with E-state index in [9.17, 15) is 14.7 Å². The van der Waals surface area contributed by atoms with Gasteiger partial charge in [-0.15, -0.1) is 0 Å². The van der Waals surface area contributed by atoms with Gasteiger partial charge >= 0.3 is 0 Å². The number of likely N-dealkylation sites (N-methyl/N-ethyl adjacent to an activating group) is 1. The number of aromatic hydroxyl groups is 1. The van der Waals surface area contributed by atoms with Crippen molar-refractivity contribution < 1.29 is 19.5 Å². The van der Waals surface area contributed by atoms with E-state index < -0.39 is 0 Å². The highest BCUT2D eigenvalue weighted by atomic mass is 16.7. The van der Waals surface area contributed by atoms with Crippen LogP contribution in [0.15, 0.2) is 12.1 Å². The predicted molar refractivity (Wildman–Crippen MR) is 129 cm³/mol. The maximum absolute atomic E-state index is 13.1. The molecule has 0 unspecified atom stereocenters. The monoisotopic (exact) mass is 459 g/mol. The summed E-state index contributed by atoms with van der Waals surface area (Å²) in [5.74, 6) is 1.89. The maximum Gasteiger partial charge on any atom is 0.259 e. The first-order valence-corrected chi connectivity index (χ1v) is 12.3. The molecule has 0 bridgehead atoms. The molecule has 2 fully saturated rings. The quantitative estimate of drug-likeness (QED) is 0.634. The van der Waals surface area contributed by atoms with Gasteiger partial charge in [-0.2, -0.15) is 0 Å². The smallest absolute Gasteiger partial charge is 0.259 e. The molecule has 3 rings (SSSR count). The first-order valence-electron chi connectivity index (χ1n) is 12.3. The molecule has 7 heteroatoms. The third-order valence-electron chi connectivity index (χ3n) is 7.65. The number of nitrogens with zero attached hydrogens (tertiary/aromatic N) is 3. The van der Waals surface area contributed by atoms with E-state index in [1.807, 2.05) is 32.9 Å². The maximum atomic E-state index is 13.1. The van der Waals surface area contributed by atoms with Crippen LogP contribution in [0.2, 0.25) is 0 Å². The number of phenolic OH excluding ortho intramolecular Hbond substituents is 1. The van der Waals surface area contributed by atoms with Gasteiger partial charge in [0.05, 0.1) is 13.7 Å². The van der Waals surface area contributed by atoms with Crippen LogP contribution in [-0.2, 0) is 20.8 Å². The van der Waals surface area contributed by atoms with Crippen LogP contribution in [0.5, 0.6) is 5.75 Å². The SMILES string of the molecule is CON(C)C(=O)CN1CCC(C2CCN(C(=O)[C@H](C)Cc3cc(C)c(O)c(C)c3)CC2)CC1. The van der Waals surface area contributed by atoms with Crippen molar-refractivity contribution >= 4 is 11.8 Å². The molecule has 0 saturated carbocycles. The van der Waals surface area contributed by atoms with Gasteiger partial charge in [0.15, 0.2) is 0 Å². The van der Waals surface area contributed by atoms with E-state index in [4.69, 9.17) is 4.84 Å². The van der Waals surface area contributed by atoms with Crippen LogP contribution < -0.4 is 0 Å². The molecule has 0 aromatic heterocycles. The molecule has 184 valence electrons. The van der Waals surface area contributed by atoms with Crippen molar-refractivity contribution in [2.24, 2.45) is 17.8 Å². The Hall–Kier alpha value is -2.12. The molecule has 2 amide bonds. The third kappa shape index (κ3) is 6.48. The number of hydrogen-bond donors (Lipinski definition) is 1. The minimum atomic E-state index is -0.0594. The fourth-order valence-electron chi connectivity index (χ4n) is 5.48. The number of amides is 2. The van der Waals surface area contributed by atoms with Gasteiger partial charge in [0.25, 0.3) is 5.91 Å². The van der Waals surface area contributed by atoms with Gasteiger partial charge in [0, 0.05) is 26.1 Å². The van der Waals surface area contributed by atoms with E-state index in [-0.39, 0.29) is 17.7 Å². The fourth-order valence-corrected chi connectivity index (χ4v) is 5.48. The van der Waals surface area contributed by atoms with Crippen LogP contribution in [0.4, 0.5) is 0 Å². The molecule has 2 aliphatic rings. The molecular weight excluding hydrogens is 418 g/mol. The lowest BCUT2D eigenvalue weighted by atomic mass is 9.78. The first kappa shape index (κ1) is 25.5. The van der Waals surface area contributed by atoms with Crippen LogP contribution in [0.3, 0.4) is 0 Å². The number of likely N-dealkylation sites (tertiary alicyclic amines) is 2. The number of hydrogen-bond acceptors (Lipinski definition) is 5. The predicted octanol–water partition coefficient (Wildman–Crippen LogP) is 3.16. The van der Waals surface area contributed by atoms with Crippen molar-refractivity contribution in [3.63, 3.8) is 0 Å². The number of rotatable bonds is 7. The number of carbonyl (C=O) groups excluding carboxylic acids is 2. The number of piperidine rings is 2. The van der Waals surface area contributed by atoms with Crippen molar-refractivity contribution in [3.05, 3.63) is 28.8 Å². The molecule has 0 radical (unpaired) electrons. The summed E-state index contributed by atoms with van der Waals surface area (Å²) < 4.78 is 0. The van der Waals surface area contributed by atoms with E-state index in [1.165, 1.54) is 12.2 Å². The highest BCUT2D eigenvalue weighted by molar-refractivity contribution is 5.79. The summed E-state index contributed by atoms with van der Waals surface area (Å²) >= 11 is 0. The lowest BCUT2D eigenvalue weighted by Crippen LogP contribution is -2.46. The Bertz CT molecular complexity index is 804. The first-order chi connectivity index (χ1) is 15.7. The zero-order valence-corrected chi connectivity index (χ0v) is 21.0. The van der Waals surface area contributed by atoms with Gasteiger partial charge in [0.2, 0.25) is 5.91 Å². The Balaban J connectivity index is 1.43. The minimum absolute atomic E-state index is 0.00508. The van der Waals surface area contributed by atoms with Gasteiger partial charge in [-0.25, -0.2) is 5.06 Å². The molecule has 1 N–H and O–H groups in total. The second-order valence-electron chi connectivity index (χ2n) is 10.0. The molecule has 2 heterocycles. The molecular formula is C26H41N3O4. The van der Waals surface area contributed by atoms with Crippen molar-refractivity contribution in [3.8, 4) is 5.75 Å². The molecule has 2 aliphatic heterocycles. The van der Waals surface area contributed by atoms with E-state index in [1.54, 1.807) is 7.05 Å². The summed E-state index contributed by atoms with van der Waals surface area (Å²) in [6.07, 6.45) is 5.10. The third-order valence-corrected chi connectivity index (χ3v) is 7.65. The second kappa shape index (κ2) is 11.3. The van der Waals surface area contributed by atoms with Gasteiger partial charge in [-0.05, 0) is 87.6 Å².